The summed E-state index contributed by atoms with van der Waals surface area (Å²) < 4.78 is 0. The zero-order chi connectivity index (χ0) is 12.4. The normalized spacial score (nSPS) is 24.7. The average Bonchev–Trinajstić information content (AvgIpc) is 2.33. The molecule has 1 aliphatic rings. The lowest BCUT2D eigenvalue weighted by atomic mass is 9.89. The van der Waals surface area contributed by atoms with Crippen LogP contribution in [0.2, 0.25) is 0 Å². The first-order chi connectivity index (χ1) is 8.08. The second-order valence-corrected chi connectivity index (χ2v) is 4.76. The molecule has 0 spiro atoms. The van der Waals surface area contributed by atoms with E-state index in [-0.39, 0.29) is 5.69 Å². The Hall–Kier alpha value is -1.65. The summed E-state index contributed by atoms with van der Waals surface area (Å²) in [5.74, 6) is 0.947. The molecule has 1 aliphatic heterocycles. The van der Waals surface area contributed by atoms with E-state index in [4.69, 9.17) is 5.11 Å². The second-order valence-electron chi connectivity index (χ2n) is 4.76. The van der Waals surface area contributed by atoms with E-state index in [1.54, 1.807) is 6.20 Å². The smallest absolute Gasteiger partial charge is 0.356 e. The van der Waals surface area contributed by atoms with Gasteiger partial charge in [-0.1, -0.05) is 13.8 Å². The van der Waals surface area contributed by atoms with Crippen LogP contribution in [0.5, 0.6) is 0 Å². The zero-order valence-corrected chi connectivity index (χ0v) is 10.1. The number of piperidine rings is 1. The summed E-state index contributed by atoms with van der Waals surface area (Å²) in [7, 11) is 0. The summed E-state index contributed by atoms with van der Waals surface area (Å²) in [5, 5.41) is 8.88. The van der Waals surface area contributed by atoms with Crippen molar-refractivity contribution >= 4 is 11.8 Å². The van der Waals surface area contributed by atoms with E-state index in [9.17, 15) is 4.79 Å². The molecule has 0 radical (unpaired) electrons. The molecule has 2 unspecified atom stereocenters. The first-order valence-corrected chi connectivity index (χ1v) is 5.88. The molecule has 92 valence electrons. The van der Waals surface area contributed by atoms with Crippen LogP contribution in [0, 0.1) is 11.8 Å². The predicted molar refractivity (Wildman–Crippen MR) is 64.1 cm³/mol. The highest BCUT2D eigenvalue weighted by Crippen LogP contribution is 2.25. The summed E-state index contributed by atoms with van der Waals surface area (Å²) in [6.45, 7) is 6.30. The fourth-order valence-electron chi connectivity index (χ4n) is 2.08. The minimum Gasteiger partial charge on any atom is -0.476 e. The van der Waals surface area contributed by atoms with E-state index in [1.807, 2.05) is 0 Å². The highest BCUT2D eigenvalue weighted by molar-refractivity contribution is 5.85. The maximum Gasteiger partial charge on any atom is 0.356 e. The Balaban J connectivity index is 2.17. The van der Waals surface area contributed by atoms with Crippen molar-refractivity contribution in [3.63, 3.8) is 0 Å². The maximum absolute atomic E-state index is 10.8. The van der Waals surface area contributed by atoms with Crippen LogP contribution >= 0.6 is 0 Å². The van der Waals surface area contributed by atoms with Gasteiger partial charge in [0.05, 0.1) is 12.4 Å². The van der Waals surface area contributed by atoms with E-state index < -0.39 is 5.97 Å². The molecule has 0 aromatic carbocycles. The molecule has 0 bridgehead atoms. The van der Waals surface area contributed by atoms with Crippen molar-refractivity contribution in [1.29, 1.82) is 0 Å². The number of carbonyl (C=O) groups is 1. The van der Waals surface area contributed by atoms with Crippen molar-refractivity contribution in [3.8, 4) is 0 Å². The molecule has 1 fully saturated rings. The molecule has 0 saturated carbocycles. The van der Waals surface area contributed by atoms with Gasteiger partial charge in [-0.2, -0.15) is 0 Å². The Morgan fingerprint density at radius 3 is 2.82 bits per heavy atom. The van der Waals surface area contributed by atoms with Gasteiger partial charge < -0.3 is 10.0 Å². The van der Waals surface area contributed by atoms with Crippen LogP contribution in [0.15, 0.2) is 12.4 Å². The third-order valence-corrected chi connectivity index (χ3v) is 3.50. The molecule has 0 aliphatic carbocycles. The van der Waals surface area contributed by atoms with E-state index >= 15 is 0 Å². The van der Waals surface area contributed by atoms with Crippen LogP contribution in [0.25, 0.3) is 0 Å². The number of carboxylic acids is 1. The summed E-state index contributed by atoms with van der Waals surface area (Å²) >= 11 is 0. The minimum atomic E-state index is -1.03. The Labute approximate surface area is 100 Å². The molecule has 17 heavy (non-hydrogen) atoms. The number of hydrogen-bond donors (Lipinski definition) is 1. The van der Waals surface area contributed by atoms with Crippen LogP contribution in [-0.2, 0) is 0 Å². The van der Waals surface area contributed by atoms with E-state index in [0.717, 1.165) is 19.5 Å². The van der Waals surface area contributed by atoms with E-state index in [1.165, 1.54) is 6.20 Å². The third kappa shape index (κ3) is 2.54. The van der Waals surface area contributed by atoms with Gasteiger partial charge in [-0.25, -0.2) is 9.78 Å². The largest absolute Gasteiger partial charge is 0.476 e. The van der Waals surface area contributed by atoms with Gasteiger partial charge in [0.2, 0.25) is 0 Å². The SMILES string of the molecule is CC1CCN(c2cncc(C(=O)O)n2)CC1C. The van der Waals surface area contributed by atoms with Crippen LogP contribution in [0.3, 0.4) is 0 Å². The lowest BCUT2D eigenvalue weighted by Gasteiger charge is -2.35. The number of anilines is 1. The molecule has 5 nitrogen and oxygen atoms in total. The lowest BCUT2D eigenvalue weighted by Crippen LogP contribution is -2.39. The number of aromatic nitrogens is 2. The second kappa shape index (κ2) is 4.69. The Morgan fingerprint density at radius 2 is 2.18 bits per heavy atom. The average molecular weight is 235 g/mol. The lowest BCUT2D eigenvalue weighted by molar-refractivity contribution is 0.0690. The van der Waals surface area contributed by atoms with Gasteiger partial charge in [0.15, 0.2) is 5.69 Å². The fourth-order valence-corrected chi connectivity index (χ4v) is 2.08. The molecule has 1 aromatic rings. The Morgan fingerprint density at radius 1 is 1.41 bits per heavy atom. The highest BCUT2D eigenvalue weighted by atomic mass is 16.4. The highest BCUT2D eigenvalue weighted by Gasteiger charge is 2.24. The third-order valence-electron chi connectivity index (χ3n) is 3.50. The van der Waals surface area contributed by atoms with Crippen LogP contribution in [-0.4, -0.2) is 34.1 Å². The van der Waals surface area contributed by atoms with Crippen molar-refractivity contribution in [3.05, 3.63) is 18.1 Å². The summed E-state index contributed by atoms with van der Waals surface area (Å²) in [6, 6.07) is 0. The van der Waals surface area contributed by atoms with Gasteiger partial charge in [-0.15, -0.1) is 0 Å². The number of nitrogens with zero attached hydrogens (tertiary/aromatic N) is 3. The predicted octanol–water partition coefficient (Wildman–Crippen LogP) is 1.66. The molecule has 2 heterocycles. The topological polar surface area (TPSA) is 66.3 Å². The molecule has 5 heteroatoms. The van der Waals surface area contributed by atoms with Crippen molar-refractivity contribution in [1.82, 2.24) is 9.97 Å². The summed E-state index contributed by atoms with van der Waals surface area (Å²) in [6.07, 6.45) is 4.02. The zero-order valence-electron chi connectivity index (χ0n) is 10.1. The van der Waals surface area contributed by atoms with Gasteiger partial charge in [0.1, 0.15) is 5.82 Å². The molecule has 2 atom stereocenters. The number of aromatic carboxylic acids is 1. The molecule has 1 saturated heterocycles. The van der Waals surface area contributed by atoms with Gasteiger partial charge in [-0.3, -0.25) is 4.98 Å². The first kappa shape index (κ1) is 11.8. The quantitative estimate of drug-likeness (QED) is 0.844. The van der Waals surface area contributed by atoms with Crippen LogP contribution < -0.4 is 4.90 Å². The van der Waals surface area contributed by atoms with Gasteiger partial charge in [-0.05, 0) is 18.3 Å². The number of carboxylic acid groups (broad SMARTS) is 1. The van der Waals surface area contributed by atoms with Gasteiger partial charge >= 0.3 is 5.97 Å². The van der Waals surface area contributed by atoms with Crippen molar-refractivity contribution in [2.45, 2.75) is 20.3 Å². The van der Waals surface area contributed by atoms with Crippen molar-refractivity contribution < 1.29 is 9.90 Å². The molecular weight excluding hydrogens is 218 g/mol. The number of rotatable bonds is 2. The standard InChI is InChI=1S/C12H17N3O2/c1-8-3-4-15(7-9(8)2)11-6-13-5-10(14-11)12(16)17/h5-6,8-9H,3-4,7H2,1-2H3,(H,16,17). The van der Waals surface area contributed by atoms with Gasteiger partial charge in [0, 0.05) is 13.1 Å². The molecule has 1 aromatic heterocycles. The maximum atomic E-state index is 10.8. The van der Waals surface area contributed by atoms with Crippen molar-refractivity contribution in [2.24, 2.45) is 11.8 Å². The van der Waals surface area contributed by atoms with Crippen LogP contribution in [0.4, 0.5) is 5.82 Å². The van der Waals surface area contributed by atoms with Crippen molar-refractivity contribution in [2.75, 3.05) is 18.0 Å². The summed E-state index contributed by atoms with van der Waals surface area (Å²) in [4.78, 5) is 21.0. The summed E-state index contributed by atoms with van der Waals surface area (Å²) in [5.41, 5.74) is 0.00813. The Bertz CT molecular complexity index is 422. The molecular formula is C12H17N3O2. The molecule has 0 amide bonds. The molecule has 1 N–H and O–H groups in total. The number of hydrogen-bond acceptors (Lipinski definition) is 4. The Kier molecular flexibility index (Phi) is 3.26. The monoisotopic (exact) mass is 235 g/mol. The first-order valence-electron chi connectivity index (χ1n) is 5.88. The van der Waals surface area contributed by atoms with E-state index in [0.29, 0.717) is 17.7 Å². The van der Waals surface area contributed by atoms with Gasteiger partial charge in [0.25, 0.3) is 0 Å². The van der Waals surface area contributed by atoms with E-state index in [2.05, 4.69) is 28.7 Å². The van der Waals surface area contributed by atoms with Crippen LogP contribution in [0.1, 0.15) is 30.8 Å². The fraction of sp³-hybridized carbons (Fsp3) is 0.583. The minimum absolute atomic E-state index is 0.00813. The molecule has 2 rings (SSSR count).